The SMILES string of the molecule is C#CC[C@@H](NC(=O)Nc1ccc(OC)c(F)c1)c1ccccc1. The van der Waals surface area contributed by atoms with Crippen molar-refractivity contribution in [2.24, 2.45) is 0 Å². The molecule has 5 heteroatoms. The summed E-state index contributed by atoms with van der Waals surface area (Å²) in [6, 6.07) is 12.8. The molecule has 0 bridgehead atoms. The Bertz CT molecular complexity index is 711. The monoisotopic (exact) mass is 312 g/mol. The van der Waals surface area contributed by atoms with E-state index in [1.807, 2.05) is 30.3 Å². The summed E-state index contributed by atoms with van der Waals surface area (Å²) < 4.78 is 18.5. The van der Waals surface area contributed by atoms with Crippen molar-refractivity contribution in [2.75, 3.05) is 12.4 Å². The number of terminal acetylenes is 1. The smallest absolute Gasteiger partial charge is 0.319 e. The number of nitrogens with one attached hydrogen (secondary N) is 2. The number of benzene rings is 2. The maximum absolute atomic E-state index is 13.6. The number of hydrogen-bond acceptors (Lipinski definition) is 2. The third-order valence-electron chi connectivity index (χ3n) is 3.24. The van der Waals surface area contributed by atoms with Crippen LogP contribution in [0.5, 0.6) is 5.75 Å². The number of hydrogen-bond donors (Lipinski definition) is 2. The lowest BCUT2D eigenvalue weighted by Gasteiger charge is -2.17. The molecule has 2 rings (SSSR count). The number of amides is 2. The summed E-state index contributed by atoms with van der Waals surface area (Å²) in [5.74, 6) is 2.11. The molecule has 0 aliphatic heterocycles. The maximum atomic E-state index is 13.6. The molecule has 2 aromatic rings. The lowest BCUT2D eigenvalue weighted by atomic mass is 10.0. The molecular weight excluding hydrogens is 295 g/mol. The van der Waals surface area contributed by atoms with Crippen LogP contribution in [0.2, 0.25) is 0 Å². The molecule has 23 heavy (non-hydrogen) atoms. The minimum atomic E-state index is -0.548. The zero-order valence-electron chi connectivity index (χ0n) is 12.7. The van der Waals surface area contributed by atoms with Gasteiger partial charge < -0.3 is 15.4 Å². The van der Waals surface area contributed by atoms with Gasteiger partial charge >= 0.3 is 6.03 Å². The third kappa shape index (κ3) is 4.48. The number of rotatable bonds is 5. The molecule has 0 aliphatic carbocycles. The topological polar surface area (TPSA) is 50.4 Å². The van der Waals surface area contributed by atoms with E-state index in [-0.39, 0.29) is 11.8 Å². The zero-order valence-corrected chi connectivity index (χ0v) is 12.7. The zero-order chi connectivity index (χ0) is 16.7. The van der Waals surface area contributed by atoms with E-state index in [4.69, 9.17) is 11.2 Å². The fourth-order valence-corrected chi connectivity index (χ4v) is 2.12. The first-order valence-corrected chi connectivity index (χ1v) is 7.03. The summed E-state index contributed by atoms with van der Waals surface area (Å²) >= 11 is 0. The number of anilines is 1. The van der Waals surface area contributed by atoms with Gasteiger partial charge in [-0.05, 0) is 17.7 Å². The van der Waals surface area contributed by atoms with Crippen molar-refractivity contribution < 1.29 is 13.9 Å². The summed E-state index contributed by atoms with van der Waals surface area (Å²) in [6.07, 6.45) is 5.72. The van der Waals surface area contributed by atoms with Crippen molar-refractivity contribution >= 4 is 11.7 Å². The molecule has 0 fully saturated rings. The van der Waals surface area contributed by atoms with Crippen LogP contribution in [0.4, 0.5) is 14.9 Å². The third-order valence-corrected chi connectivity index (χ3v) is 3.24. The van der Waals surface area contributed by atoms with Crippen LogP contribution in [0.25, 0.3) is 0 Å². The molecule has 4 nitrogen and oxygen atoms in total. The van der Waals surface area contributed by atoms with Crippen molar-refractivity contribution in [1.82, 2.24) is 5.32 Å². The van der Waals surface area contributed by atoms with Gasteiger partial charge in [0.15, 0.2) is 11.6 Å². The number of methoxy groups -OCH3 is 1. The normalized spacial score (nSPS) is 11.2. The Kier molecular flexibility index (Phi) is 5.59. The fraction of sp³-hybridized carbons (Fsp3) is 0.167. The predicted molar refractivity (Wildman–Crippen MR) is 87.7 cm³/mol. The summed E-state index contributed by atoms with van der Waals surface area (Å²) in [4.78, 5) is 12.1. The van der Waals surface area contributed by atoms with Gasteiger partial charge in [0.05, 0.1) is 13.2 Å². The van der Waals surface area contributed by atoms with E-state index in [1.165, 1.54) is 19.2 Å². The van der Waals surface area contributed by atoms with Crippen LogP contribution in [0.15, 0.2) is 48.5 Å². The highest BCUT2D eigenvalue weighted by Gasteiger charge is 2.14. The summed E-state index contributed by atoms with van der Waals surface area (Å²) in [6.45, 7) is 0. The molecule has 0 radical (unpaired) electrons. The number of halogens is 1. The van der Waals surface area contributed by atoms with Gasteiger partial charge in [0.25, 0.3) is 0 Å². The van der Waals surface area contributed by atoms with Crippen LogP contribution < -0.4 is 15.4 Å². The fourth-order valence-electron chi connectivity index (χ4n) is 2.12. The van der Waals surface area contributed by atoms with Gasteiger partial charge in [-0.25, -0.2) is 9.18 Å². The van der Waals surface area contributed by atoms with Gasteiger partial charge in [0.2, 0.25) is 0 Å². The van der Waals surface area contributed by atoms with E-state index in [0.29, 0.717) is 12.1 Å². The Morgan fingerprint density at radius 1 is 1.30 bits per heavy atom. The molecule has 1 atom stereocenters. The molecule has 2 N–H and O–H groups in total. The second-order valence-electron chi connectivity index (χ2n) is 4.82. The molecule has 0 aliphatic rings. The van der Waals surface area contributed by atoms with Gasteiger partial charge in [-0.3, -0.25) is 0 Å². The molecule has 2 amide bonds. The van der Waals surface area contributed by atoms with Crippen molar-refractivity contribution in [1.29, 1.82) is 0 Å². The quantitative estimate of drug-likeness (QED) is 0.827. The van der Waals surface area contributed by atoms with Crippen LogP contribution in [-0.2, 0) is 0 Å². The summed E-state index contributed by atoms with van der Waals surface area (Å²) in [5, 5.41) is 5.36. The largest absolute Gasteiger partial charge is 0.494 e. The molecule has 0 saturated carbocycles. The average Bonchev–Trinajstić information content (AvgIpc) is 2.55. The van der Waals surface area contributed by atoms with Gasteiger partial charge in [-0.1, -0.05) is 30.3 Å². The van der Waals surface area contributed by atoms with Crippen molar-refractivity contribution in [2.45, 2.75) is 12.5 Å². The van der Waals surface area contributed by atoms with Crippen molar-refractivity contribution in [3.8, 4) is 18.1 Å². The van der Waals surface area contributed by atoms with E-state index < -0.39 is 11.8 Å². The van der Waals surface area contributed by atoms with E-state index in [2.05, 4.69) is 16.6 Å². The first-order valence-electron chi connectivity index (χ1n) is 7.03. The molecule has 118 valence electrons. The minimum absolute atomic E-state index is 0.116. The average molecular weight is 312 g/mol. The second-order valence-corrected chi connectivity index (χ2v) is 4.82. The van der Waals surface area contributed by atoms with E-state index in [9.17, 15) is 9.18 Å². The Labute approximate surface area is 134 Å². The number of urea groups is 1. The van der Waals surface area contributed by atoms with Crippen molar-refractivity contribution in [3.05, 3.63) is 59.9 Å². The first-order chi connectivity index (χ1) is 11.1. The van der Waals surface area contributed by atoms with Gasteiger partial charge in [0, 0.05) is 18.2 Å². The Morgan fingerprint density at radius 2 is 2.04 bits per heavy atom. The van der Waals surface area contributed by atoms with Crippen LogP contribution in [0, 0.1) is 18.2 Å². The summed E-state index contributed by atoms with van der Waals surface area (Å²) in [5.41, 5.74) is 1.23. The van der Waals surface area contributed by atoms with E-state index in [1.54, 1.807) is 6.07 Å². The molecule has 0 spiro atoms. The van der Waals surface area contributed by atoms with Gasteiger partial charge in [-0.2, -0.15) is 0 Å². The Balaban J connectivity index is 2.05. The van der Waals surface area contributed by atoms with Crippen LogP contribution in [0.1, 0.15) is 18.0 Å². The Hall–Kier alpha value is -3.00. The molecule has 2 aromatic carbocycles. The molecular formula is C18H17FN2O2. The van der Waals surface area contributed by atoms with Crippen molar-refractivity contribution in [3.63, 3.8) is 0 Å². The first kappa shape index (κ1) is 16.4. The maximum Gasteiger partial charge on any atom is 0.319 e. The molecule has 0 unspecified atom stereocenters. The number of carbonyl (C=O) groups is 1. The highest BCUT2D eigenvalue weighted by molar-refractivity contribution is 5.89. The molecule has 0 saturated heterocycles. The van der Waals surface area contributed by atoms with Crippen LogP contribution in [-0.4, -0.2) is 13.1 Å². The lowest BCUT2D eigenvalue weighted by Crippen LogP contribution is -2.32. The Morgan fingerprint density at radius 3 is 2.65 bits per heavy atom. The van der Waals surface area contributed by atoms with Crippen LogP contribution in [0.3, 0.4) is 0 Å². The van der Waals surface area contributed by atoms with Gasteiger partial charge in [-0.15, -0.1) is 12.3 Å². The highest BCUT2D eigenvalue weighted by Crippen LogP contribution is 2.21. The van der Waals surface area contributed by atoms with Crippen LogP contribution >= 0.6 is 0 Å². The molecule has 0 aromatic heterocycles. The second kappa shape index (κ2) is 7.85. The summed E-state index contributed by atoms with van der Waals surface area (Å²) in [7, 11) is 1.38. The minimum Gasteiger partial charge on any atom is -0.494 e. The highest BCUT2D eigenvalue weighted by atomic mass is 19.1. The van der Waals surface area contributed by atoms with Gasteiger partial charge in [0.1, 0.15) is 0 Å². The predicted octanol–water partition coefficient (Wildman–Crippen LogP) is 3.72. The number of ether oxygens (including phenoxy) is 1. The van der Waals surface area contributed by atoms with E-state index in [0.717, 1.165) is 5.56 Å². The van der Waals surface area contributed by atoms with E-state index >= 15 is 0 Å². The number of carbonyl (C=O) groups excluding carboxylic acids is 1. The molecule has 0 heterocycles. The standard InChI is InChI=1S/C18H17FN2O2/c1-3-7-16(13-8-5-4-6-9-13)21-18(22)20-14-10-11-17(23-2)15(19)12-14/h1,4-6,8-12,16H,7H2,2H3,(H2,20,21,22)/t16-/m1/s1. The lowest BCUT2D eigenvalue weighted by molar-refractivity contribution is 0.248.